The molecule has 0 atom stereocenters. The molecule has 1 amide bonds. The molecule has 0 aliphatic rings. The van der Waals surface area contributed by atoms with E-state index >= 15 is 0 Å². The van der Waals surface area contributed by atoms with Gasteiger partial charge in [-0.1, -0.05) is 11.6 Å². The van der Waals surface area contributed by atoms with E-state index in [2.05, 4.69) is 0 Å². The van der Waals surface area contributed by atoms with Crippen molar-refractivity contribution in [3.8, 4) is 0 Å². The van der Waals surface area contributed by atoms with Gasteiger partial charge in [0.05, 0.1) is 0 Å². The second-order valence-corrected chi connectivity index (χ2v) is 2.51. The van der Waals surface area contributed by atoms with Crippen LogP contribution in [-0.2, 0) is 0 Å². The number of carbonyl (C=O) groups excluding carboxylic acids is 1. The Kier molecular flexibility index (Phi) is 3.04. The number of nitrogens with one attached hydrogen (secondary N) is 2. The van der Waals surface area contributed by atoms with Crippen molar-refractivity contribution in [1.82, 2.24) is 11.0 Å². The van der Waals surface area contributed by atoms with Crippen LogP contribution in [0.1, 0.15) is 10.4 Å². The summed E-state index contributed by atoms with van der Waals surface area (Å²) < 4.78 is 0. The van der Waals surface area contributed by atoms with Gasteiger partial charge in [-0.25, -0.2) is 0 Å². The van der Waals surface area contributed by atoms with Crippen molar-refractivity contribution < 1.29 is 10.0 Å². The molecule has 0 heterocycles. The van der Waals surface area contributed by atoms with E-state index in [9.17, 15) is 4.79 Å². The Morgan fingerprint density at radius 2 is 1.92 bits per heavy atom. The molecule has 0 aliphatic carbocycles. The second-order valence-electron chi connectivity index (χ2n) is 2.07. The molecule has 0 aromatic heterocycles. The van der Waals surface area contributed by atoms with Gasteiger partial charge >= 0.3 is 0 Å². The molecule has 1 aromatic rings. The van der Waals surface area contributed by atoms with E-state index in [0.717, 1.165) is 0 Å². The maximum atomic E-state index is 11.0. The van der Waals surface area contributed by atoms with Crippen LogP contribution in [0, 0.1) is 0 Å². The number of benzene rings is 1. The highest BCUT2D eigenvalue weighted by atomic mass is 35.5. The summed E-state index contributed by atoms with van der Waals surface area (Å²) in [4.78, 5) is 11.0. The summed E-state index contributed by atoms with van der Waals surface area (Å²) in [5.74, 6) is -0.422. The fourth-order valence-electron chi connectivity index (χ4n) is 0.724. The van der Waals surface area contributed by atoms with Gasteiger partial charge in [0.2, 0.25) is 0 Å². The smallest absolute Gasteiger partial charge is 0.267 e. The third-order valence-electron chi connectivity index (χ3n) is 1.28. The molecule has 0 fully saturated rings. The first-order valence-electron chi connectivity index (χ1n) is 3.19. The molecule has 0 bridgehead atoms. The van der Waals surface area contributed by atoms with Crippen LogP contribution in [0.25, 0.3) is 0 Å². The summed E-state index contributed by atoms with van der Waals surface area (Å²) in [6, 6.07) is 6.28. The van der Waals surface area contributed by atoms with Crippen molar-refractivity contribution in [2.75, 3.05) is 0 Å². The molecular formula is C7H7ClN2O2. The molecule has 5 heteroatoms. The van der Waals surface area contributed by atoms with Crippen LogP contribution in [0.5, 0.6) is 0 Å². The van der Waals surface area contributed by atoms with Crippen molar-refractivity contribution in [3.63, 3.8) is 0 Å². The van der Waals surface area contributed by atoms with E-state index in [1.807, 2.05) is 5.43 Å². The number of hydrogen-bond acceptors (Lipinski definition) is 3. The predicted molar refractivity (Wildman–Crippen MR) is 43.8 cm³/mol. The molecule has 0 spiro atoms. The molecule has 3 N–H and O–H groups in total. The number of rotatable bonds is 2. The predicted octanol–water partition coefficient (Wildman–Crippen LogP) is 0.964. The van der Waals surface area contributed by atoms with E-state index in [-0.39, 0.29) is 0 Å². The number of carbonyl (C=O) groups is 1. The minimum atomic E-state index is -0.422. The highest BCUT2D eigenvalue weighted by Crippen LogP contribution is 2.08. The number of hydrazine groups is 1. The van der Waals surface area contributed by atoms with Crippen LogP contribution in [0.3, 0.4) is 0 Å². The first-order chi connectivity index (χ1) is 5.74. The van der Waals surface area contributed by atoms with Gasteiger partial charge in [0.1, 0.15) is 0 Å². The maximum absolute atomic E-state index is 11.0. The third-order valence-corrected chi connectivity index (χ3v) is 1.53. The summed E-state index contributed by atoms with van der Waals surface area (Å²) in [6.07, 6.45) is 0. The van der Waals surface area contributed by atoms with E-state index < -0.39 is 5.91 Å². The maximum Gasteiger partial charge on any atom is 0.267 e. The van der Waals surface area contributed by atoms with Crippen LogP contribution in [0.15, 0.2) is 24.3 Å². The Hall–Kier alpha value is -1.10. The molecule has 0 saturated heterocycles. The van der Waals surface area contributed by atoms with Gasteiger partial charge in [-0.2, -0.15) is 0 Å². The standard InChI is InChI=1S/C7H7ClN2O2/c8-6-3-1-5(2-4-6)7(11)9-10-12/h1-4,10,12H,(H,9,11). The molecule has 0 saturated carbocycles. The topological polar surface area (TPSA) is 61.4 Å². The fraction of sp³-hybridized carbons (Fsp3) is 0. The lowest BCUT2D eigenvalue weighted by Crippen LogP contribution is -2.34. The zero-order valence-corrected chi connectivity index (χ0v) is 6.80. The number of amides is 1. The Labute approximate surface area is 74.1 Å². The molecule has 1 aromatic carbocycles. The van der Waals surface area contributed by atoms with Gasteiger partial charge in [-0.3, -0.25) is 15.4 Å². The summed E-state index contributed by atoms with van der Waals surface area (Å²) in [5.41, 5.74) is 3.97. The van der Waals surface area contributed by atoms with Gasteiger partial charge < -0.3 is 0 Å². The van der Waals surface area contributed by atoms with Crippen molar-refractivity contribution in [1.29, 1.82) is 0 Å². The molecule has 4 nitrogen and oxygen atoms in total. The molecule has 64 valence electrons. The Balaban J connectivity index is 2.75. The molecule has 0 unspecified atom stereocenters. The Bertz CT molecular complexity index is 273. The van der Waals surface area contributed by atoms with Gasteiger partial charge in [-0.15, -0.1) is 5.59 Å². The zero-order valence-electron chi connectivity index (χ0n) is 6.04. The van der Waals surface area contributed by atoms with E-state index in [1.54, 1.807) is 29.9 Å². The Morgan fingerprint density at radius 3 is 2.42 bits per heavy atom. The third kappa shape index (κ3) is 2.20. The monoisotopic (exact) mass is 186 g/mol. The number of hydrogen-bond donors (Lipinski definition) is 3. The van der Waals surface area contributed by atoms with E-state index in [4.69, 9.17) is 16.8 Å². The SMILES string of the molecule is O=C(NNO)c1ccc(Cl)cc1. The van der Waals surface area contributed by atoms with Crippen molar-refractivity contribution in [3.05, 3.63) is 34.9 Å². The fourth-order valence-corrected chi connectivity index (χ4v) is 0.850. The van der Waals surface area contributed by atoms with Gasteiger partial charge in [-0.05, 0) is 24.3 Å². The Morgan fingerprint density at radius 1 is 1.33 bits per heavy atom. The summed E-state index contributed by atoms with van der Waals surface area (Å²) in [5, 5.41) is 8.70. The van der Waals surface area contributed by atoms with Crippen LogP contribution in [0.4, 0.5) is 0 Å². The minimum absolute atomic E-state index is 0.418. The van der Waals surface area contributed by atoms with Crippen LogP contribution in [0.2, 0.25) is 5.02 Å². The lowest BCUT2D eigenvalue weighted by Gasteiger charge is -2.00. The van der Waals surface area contributed by atoms with Crippen molar-refractivity contribution in [2.24, 2.45) is 0 Å². The minimum Gasteiger partial charge on any atom is -0.297 e. The van der Waals surface area contributed by atoms with Crippen molar-refractivity contribution >= 4 is 17.5 Å². The van der Waals surface area contributed by atoms with Gasteiger partial charge in [0.15, 0.2) is 0 Å². The summed E-state index contributed by atoms with van der Waals surface area (Å²) >= 11 is 5.60. The number of halogens is 1. The first kappa shape index (κ1) is 8.99. The van der Waals surface area contributed by atoms with E-state index in [1.165, 1.54) is 0 Å². The van der Waals surface area contributed by atoms with Crippen LogP contribution in [-0.4, -0.2) is 11.1 Å². The van der Waals surface area contributed by atoms with E-state index in [0.29, 0.717) is 10.6 Å². The highest BCUT2D eigenvalue weighted by Gasteiger charge is 2.02. The lowest BCUT2D eigenvalue weighted by molar-refractivity contribution is 0.0731. The van der Waals surface area contributed by atoms with Crippen LogP contribution < -0.4 is 11.0 Å². The quantitative estimate of drug-likeness (QED) is 0.603. The van der Waals surface area contributed by atoms with Crippen molar-refractivity contribution in [2.45, 2.75) is 0 Å². The van der Waals surface area contributed by atoms with Gasteiger partial charge in [0.25, 0.3) is 5.91 Å². The highest BCUT2D eigenvalue weighted by molar-refractivity contribution is 6.30. The average molecular weight is 187 g/mol. The molecule has 1 rings (SSSR count). The largest absolute Gasteiger partial charge is 0.297 e. The molecular weight excluding hydrogens is 180 g/mol. The van der Waals surface area contributed by atoms with Crippen LogP contribution >= 0.6 is 11.6 Å². The molecule has 0 radical (unpaired) electrons. The second kappa shape index (κ2) is 4.06. The molecule has 0 aliphatic heterocycles. The lowest BCUT2D eigenvalue weighted by atomic mass is 10.2. The van der Waals surface area contributed by atoms with Gasteiger partial charge in [0, 0.05) is 10.6 Å². The summed E-state index contributed by atoms with van der Waals surface area (Å²) in [6.45, 7) is 0. The first-order valence-corrected chi connectivity index (χ1v) is 3.57. The average Bonchev–Trinajstić information content (AvgIpc) is 2.06. The zero-order chi connectivity index (χ0) is 8.97. The molecule has 12 heavy (non-hydrogen) atoms. The summed E-state index contributed by atoms with van der Waals surface area (Å²) in [7, 11) is 0. The normalized spacial score (nSPS) is 9.50.